The number of piperazine rings is 1. The van der Waals surface area contributed by atoms with Crippen molar-refractivity contribution < 1.29 is 14.4 Å². The van der Waals surface area contributed by atoms with E-state index in [2.05, 4.69) is 5.32 Å². The number of nitrogens with one attached hydrogen (secondary N) is 1. The van der Waals surface area contributed by atoms with Crippen molar-refractivity contribution in [3.63, 3.8) is 0 Å². The van der Waals surface area contributed by atoms with Crippen molar-refractivity contribution in [1.82, 2.24) is 10.2 Å². The van der Waals surface area contributed by atoms with Gasteiger partial charge in [0.15, 0.2) is 0 Å². The molecule has 0 aromatic carbocycles. The van der Waals surface area contributed by atoms with Gasteiger partial charge in [-0.2, -0.15) is 0 Å². The van der Waals surface area contributed by atoms with Crippen LogP contribution in [0.5, 0.6) is 0 Å². The minimum absolute atomic E-state index is 0.0230. The van der Waals surface area contributed by atoms with Crippen molar-refractivity contribution in [3.8, 4) is 0 Å². The van der Waals surface area contributed by atoms with Crippen LogP contribution in [0.25, 0.3) is 0 Å². The monoisotopic (exact) mass is 241 g/mol. The topological polar surface area (TPSA) is 92.5 Å². The highest BCUT2D eigenvalue weighted by molar-refractivity contribution is 6.04. The van der Waals surface area contributed by atoms with E-state index in [1.165, 1.54) is 4.90 Å². The molecular weight excluding hydrogens is 222 g/mol. The first-order valence-corrected chi connectivity index (χ1v) is 5.78. The molecule has 1 aliphatic rings. The van der Waals surface area contributed by atoms with Gasteiger partial charge in [0.25, 0.3) is 0 Å². The molecule has 6 heteroatoms. The lowest BCUT2D eigenvalue weighted by Crippen LogP contribution is -2.62. The normalized spacial score (nSPS) is 24.2. The number of imide groups is 1. The third-order valence-electron chi connectivity index (χ3n) is 3.25. The highest BCUT2D eigenvalue weighted by atomic mass is 16.2. The molecule has 0 spiro atoms. The summed E-state index contributed by atoms with van der Waals surface area (Å²) >= 11 is 0. The maximum atomic E-state index is 12.1. The van der Waals surface area contributed by atoms with Gasteiger partial charge in [-0.3, -0.25) is 19.7 Å². The summed E-state index contributed by atoms with van der Waals surface area (Å²) in [4.78, 5) is 36.0. The summed E-state index contributed by atoms with van der Waals surface area (Å²) in [7, 11) is 0. The molecular formula is C11H19N3O3. The van der Waals surface area contributed by atoms with Gasteiger partial charge in [0.2, 0.25) is 17.7 Å². The van der Waals surface area contributed by atoms with E-state index in [9.17, 15) is 14.4 Å². The molecule has 0 radical (unpaired) electrons. The molecule has 17 heavy (non-hydrogen) atoms. The average Bonchev–Trinajstić information content (AvgIpc) is 2.30. The van der Waals surface area contributed by atoms with Crippen LogP contribution < -0.4 is 11.1 Å². The molecule has 96 valence electrons. The second-order valence-electron chi connectivity index (χ2n) is 4.47. The highest BCUT2D eigenvalue weighted by Crippen LogP contribution is 2.12. The minimum atomic E-state index is -0.666. The third-order valence-corrected chi connectivity index (χ3v) is 3.25. The van der Waals surface area contributed by atoms with Crippen LogP contribution in [0.3, 0.4) is 0 Å². The number of amides is 3. The quantitative estimate of drug-likeness (QED) is 0.635. The van der Waals surface area contributed by atoms with Gasteiger partial charge in [-0.05, 0) is 12.8 Å². The van der Waals surface area contributed by atoms with Gasteiger partial charge < -0.3 is 10.6 Å². The molecule has 1 aliphatic heterocycles. The van der Waals surface area contributed by atoms with Crippen LogP contribution in [0.15, 0.2) is 0 Å². The predicted molar refractivity (Wildman–Crippen MR) is 61.8 cm³/mol. The Morgan fingerprint density at radius 1 is 1.59 bits per heavy atom. The van der Waals surface area contributed by atoms with E-state index in [0.717, 1.165) is 6.42 Å². The average molecular weight is 241 g/mol. The van der Waals surface area contributed by atoms with Crippen LogP contribution in [-0.2, 0) is 14.4 Å². The molecule has 0 aromatic heterocycles. The molecule has 0 aromatic rings. The number of nitrogens with two attached hydrogens (primary N) is 1. The largest absolute Gasteiger partial charge is 0.320 e. The van der Waals surface area contributed by atoms with E-state index >= 15 is 0 Å². The van der Waals surface area contributed by atoms with E-state index in [4.69, 9.17) is 5.73 Å². The van der Waals surface area contributed by atoms with Crippen molar-refractivity contribution >= 4 is 17.7 Å². The van der Waals surface area contributed by atoms with E-state index in [-0.39, 0.29) is 18.4 Å². The summed E-state index contributed by atoms with van der Waals surface area (Å²) in [6, 6.07) is -1.31. The van der Waals surface area contributed by atoms with Crippen molar-refractivity contribution in [2.75, 3.05) is 6.54 Å². The Morgan fingerprint density at radius 3 is 2.71 bits per heavy atom. The van der Waals surface area contributed by atoms with Crippen LogP contribution in [0, 0.1) is 5.92 Å². The first-order valence-electron chi connectivity index (χ1n) is 5.78. The number of hydrogen-bond acceptors (Lipinski definition) is 4. The van der Waals surface area contributed by atoms with Crippen LogP contribution in [0.4, 0.5) is 0 Å². The predicted octanol–water partition coefficient (Wildman–Crippen LogP) is -0.767. The first-order chi connectivity index (χ1) is 7.88. The lowest BCUT2D eigenvalue weighted by atomic mass is 9.98. The Bertz CT molecular complexity index is 343. The fourth-order valence-corrected chi connectivity index (χ4v) is 1.67. The molecule has 1 heterocycles. The fraction of sp³-hybridized carbons (Fsp3) is 0.727. The summed E-state index contributed by atoms with van der Waals surface area (Å²) in [6.45, 7) is 5.30. The zero-order valence-corrected chi connectivity index (χ0v) is 10.4. The zero-order chi connectivity index (χ0) is 13.2. The van der Waals surface area contributed by atoms with Gasteiger partial charge in [-0.15, -0.1) is 0 Å². The Morgan fingerprint density at radius 2 is 2.18 bits per heavy atom. The molecule has 3 N–H and O–H groups in total. The van der Waals surface area contributed by atoms with Crippen LogP contribution >= 0.6 is 0 Å². The van der Waals surface area contributed by atoms with Crippen molar-refractivity contribution in [2.24, 2.45) is 11.7 Å². The molecule has 3 amide bonds. The standard InChI is InChI=1S/C11H19N3O3/c1-4-6(2)9(12)11(17)14-5-8(15)13-10(16)7(14)3/h6-7,9H,4-5,12H2,1-3H3,(H,13,15,16)/t6-,7?,9-/m1/s1. The molecule has 1 rings (SSSR count). The first kappa shape index (κ1) is 13.6. The molecule has 0 bridgehead atoms. The molecule has 1 unspecified atom stereocenters. The maximum absolute atomic E-state index is 12.1. The Kier molecular flexibility index (Phi) is 4.22. The fourth-order valence-electron chi connectivity index (χ4n) is 1.67. The van der Waals surface area contributed by atoms with Crippen LogP contribution in [0.2, 0.25) is 0 Å². The third kappa shape index (κ3) is 2.82. The molecule has 1 fully saturated rings. The number of nitrogens with zero attached hydrogens (tertiary/aromatic N) is 1. The molecule has 0 aliphatic carbocycles. The smallest absolute Gasteiger partial charge is 0.249 e. The van der Waals surface area contributed by atoms with Gasteiger partial charge in [0.1, 0.15) is 12.6 Å². The van der Waals surface area contributed by atoms with Crippen LogP contribution in [-0.4, -0.2) is 41.2 Å². The number of rotatable bonds is 3. The lowest BCUT2D eigenvalue weighted by molar-refractivity contribution is -0.150. The van der Waals surface area contributed by atoms with Gasteiger partial charge >= 0.3 is 0 Å². The van der Waals surface area contributed by atoms with Gasteiger partial charge in [0.05, 0.1) is 6.04 Å². The minimum Gasteiger partial charge on any atom is -0.320 e. The van der Waals surface area contributed by atoms with Gasteiger partial charge in [-0.25, -0.2) is 0 Å². The van der Waals surface area contributed by atoms with E-state index in [1.807, 2.05) is 13.8 Å². The van der Waals surface area contributed by atoms with E-state index < -0.39 is 23.9 Å². The summed E-state index contributed by atoms with van der Waals surface area (Å²) in [5.41, 5.74) is 5.82. The second-order valence-corrected chi connectivity index (χ2v) is 4.47. The van der Waals surface area contributed by atoms with Crippen molar-refractivity contribution in [1.29, 1.82) is 0 Å². The Balaban J connectivity index is 2.80. The lowest BCUT2D eigenvalue weighted by Gasteiger charge is -2.34. The van der Waals surface area contributed by atoms with Gasteiger partial charge in [-0.1, -0.05) is 20.3 Å². The summed E-state index contributed by atoms with van der Waals surface area (Å²) in [5.74, 6) is -1.23. The number of hydrogen-bond donors (Lipinski definition) is 2. The number of carbonyl (C=O) groups excluding carboxylic acids is 3. The Labute approximate surface area is 101 Å². The summed E-state index contributed by atoms with van der Waals surface area (Å²) < 4.78 is 0. The SMILES string of the molecule is CC[C@@H](C)[C@@H](N)C(=O)N1CC(=O)NC(=O)C1C. The number of carbonyl (C=O) groups is 3. The van der Waals surface area contributed by atoms with E-state index in [1.54, 1.807) is 6.92 Å². The molecule has 1 saturated heterocycles. The summed E-state index contributed by atoms with van der Waals surface area (Å²) in [5, 5.41) is 2.18. The van der Waals surface area contributed by atoms with Crippen LogP contribution in [0.1, 0.15) is 27.2 Å². The zero-order valence-electron chi connectivity index (χ0n) is 10.4. The van der Waals surface area contributed by atoms with Crippen molar-refractivity contribution in [3.05, 3.63) is 0 Å². The highest BCUT2D eigenvalue weighted by Gasteiger charge is 2.36. The summed E-state index contributed by atoms with van der Waals surface area (Å²) in [6.07, 6.45) is 0.773. The second kappa shape index (κ2) is 5.27. The van der Waals surface area contributed by atoms with Crippen molar-refractivity contribution in [2.45, 2.75) is 39.3 Å². The van der Waals surface area contributed by atoms with Gasteiger partial charge in [0, 0.05) is 0 Å². The molecule has 0 saturated carbocycles. The molecule has 3 atom stereocenters. The molecule has 6 nitrogen and oxygen atoms in total. The van der Waals surface area contributed by atoms with E-state index in [0.29, 0.717) is 0 Å². The maximum Gasteiger partial charge on any atom is 0.249 e. The Hall–Kier alpha value is -1.43.